The summed E-state index contributed by atoms with van der Waals surface area (Å²) in [4.78, 5) is 57.5. The number of nitrogens with zero attached hydrogens (tertiary/aromatic N) is 2. The lowest BCUT2D eigenvalue weighted by Gasteiger charge is -2.22. The summed E-state index contributed by atoms with van der Waals surface area (Å²) in [7, 11) is 0. The van der Waals surface area contributed by atoms with Crippen LogP contribution in [-0.2, 0) is 0 Å². The third-order valence-corrected chi connectivity index (χ3v) is 12.2. The van der Waals surface area contributed by atoms with Gasteiger partial charge in [0, 0.05) is 5.69 Å². The second kappa shape index (κ2) is 13.9. The highest BCUT2D eigenvalue weighted by atomic mass is 16.2. The molecule has 4 amide bonds. The van der Waals surface area contributed by atoms with Crippen molar-refractivity contribution >= 4 is 40.7 Å². The van der Waals surface area contributed by atoms with Crippen molar-refractivity contribution in [2.24, 2.45) is 0 Å². The highest BCUT2D eigenvalue weighted by Crippen LogP contribution is 2.41. The number of carbonyl (C=O) groups is 4. The van der Waals surface area contributed by atoms with E-state index in [0.717, 1.165) is 77.9 Å². The van der Waals surface area contributed by atoms with Crippen LogP contribution in [-0.4, -0.2) is 23.6 Å². The highest BCUT2D eigenvalue weighted by Gasteiger charge is 2.39. The number of nitrogens with two attached hydrogens (primary N) is 1. The Morgan fingerprint density at radius 1 is 0.356 bits per heavy atom. The number of fused-ring (bicyclic) bond motifs is 2. The fraction of sp³-hybridized carbons (Fsp3) is 0.115. The van der Waals surface area contributed by atoms with Gasteiger partial charge >= 0.3 is 0 Å². The predicted molar refractivity (Wildman–Crippen MR) is 236 cm³/mol. The average molecular weight is 772 g/mol. The molecule has 288 valence electrons. The first-order valence-corrected chi connectivity index (χ1v) is 19.6. The topological polar surface area (TPSA) is 101 Å². The van der Waals surface area contributed by atoms with Crippen LogP contribution in [0.25, 0.3) is 44.5 Å². The van der Waals surface area contributed by atoms with Crippen LogP contribution in [0.2, 0.25) is 0 Å². The maximum Gasteiger partial charge on any atom is 0.266 e. The smallest absolute Gasteiger partial charge is 0.266 e. The zero-order valence-electron chi connectivity index (χ0n) is 33.7. The quantitative estimate of drug-likeness (QED) is 0.134. The van der Waals surface area contributed by atoms with E-state index < -0.39 is 0 Å². The van der Waals surface area contributed by atoms with E-state index in [1.165, 1.54) is 9.80 Å². The Bertz CT molecular complexity index is 2980. The van der Waals surface area contributed by atoms with E-state index in [2.05, 4.69) is 26.0 Å². The van der Waals surface area contributed by atoms with Gasteiger partial charge in [-0.15, -0.1) is 0 Å². The number of carbonyl (C=O) groups excluding carboxylic acids is 4. The largest absolute Gasteiger partial charge is 0.399 e. The number of amides is 4. The van der Waals surface area contributed by atoms with E-state index >= 15 is 0 Å². The summed E-state index contributed by atoms with van der Waals surface area (Å²) >= 11 is 0. The zero-order valence-corrected chi connectivity index (χ0v) is 33.7. The minimum atomic E-state index is -0.342. The van der Waals surface area contributed by atoms with Crippen LogP contribution in [0.5, 0.6) is 0 Å². The van der Waals surface area contributed by atoms with Gasteiger partial charge in [0.15, 0.2) is 0 Å². The normalized spacial score (nSPS) is 13.4. The van der Waals surface area contributed by atoms with Gasteiger partial charge in [0.2, 0.25) is 0 Å². The SMILES string of the molecule is Cc1ccc(-c2ccc3c(c2)C(=O)N(c2ccc(-c4ccc(-c5ccc(N6C(=O)c7ccc(-c8ccc(N)cc8)cc7C6=O)c(C)c5C)c(C)c4C)c(C)c2)C3=O)cc1. The first-order chi connectivity index (χ1) is 28.3. The van der Waals surface area contributed by atoms with Crippen molar-refractivity contribution in [2.45, 2.75) is 41.5 Å². The molecule has 0 saturated carbocycles. The zero-order chi connectivity index (χ0) is 41.4. The van der Waals surface area contributed by atoms with Crippen LogP contribution < -0.4 is 15.5 Å². The number of anilines is 3. The number of nitrogen functional groups attached to an aromatic ring is 1. The molecule has 0 aliphatic carbocycles. The number of imide groups is 2. The Kier molecular flexibility index (Phi) is 8.78. The molecular formula is C52H41N3O4. The van der Waals surface area contributed by atoms with Crippen LogP contribution >= 0.6 is 0 Å². The summed E-state index contributed by atoms with van der Waals surface area (Å²) in [5, 5.41) is 0. The minimum absolute atomic E-state index is 0.327. The molecule has 7 aromatic rings. The molecule has 7 heteroatoms. The lowest BCUT2D eigenvalue weighted by molar-refractivity contribution is 0.0910. The van der Waals surface area contributed by atoms with Crippen LogP contribution in [0.4, 0.5) is 17.1 Å². The number of aryl methyl sites for hydroxylation is 2. The molecule has 0 spiro atoms. The van der Waals surface area contributed by atoms with Crippen molar-refractivity contribution in [1.29, 1.82) is 0 Å². The van der Waals surface area contributed by atoms with Crippen molar-refractivity contribution in [3.8, 4) is 44.5 Å². The van der Waals surface area contributed by atoms with Gasteiger partial charge < -0.3 is 5.73 Å². The molecule has 0 radical (unpaired) electrons. The second-order valence-electron chi connectivity index (χ2n) is 15.7. The maximum atomic E-state index is 13.9. The van der Waals surface area contributed by atoms with Crippen LogP contribution in [0.15, 0.2) is 127 Å². The van der Waals surface area contributed by atoms with E-state index in [1.807, 2.05) is 125 Å². The van der Waals surface area contributed by atoms with Gasteiger partial charge in [0.25, 0.3) is 23.6 Å². The summed E-state index contributed by atoms with van der Waals surface area (Å²) < 4.78 is 0. The minimum Gasteiger partial charge on any atom is -0.399 e. The predicted octanol–water partition coefficient (Wildman–Crippen LogP) is 11.4. The molecule has 2 N–H and O–H groups in total. The van der Waals surface area contributed by atoms with Crippen LogP contribution in [0, 0.1) is 41.5 Å². The third kappa shape index (κ3) is 5.97. The van der Waals surface area contributed by atoms with Gasteiger partial charge in [-0.05, 0) is 168 Å². The summed E-state index contributed by atoms with van der Waals surface area (Å²) in [6.07, 6.45) is 0. The number of rotatable bonds is 6. The Hall–Kier alpha value is -7.38. The van der Waals surface area contributed by atoms with E-state index in [1.54, 1.807) is 18.2 Å². The second-order valence-corrected chi connectivity index (χ2v) is 15.7. The molecule has 0 fully saturated rings. The molecule has 0 atom stereocenters. The van der Waals surface area contributed by atoms with Gasteiger partial charge in [-0.1, -0.05) is 78.4 Å². The van der Waals surface area contributed by atoms with Crippen molar-refractivity contribution in [3.05, 3.63) is 183 Å². The first kappa shape index (κ1) is 37.2. The molecule has 59 heavy (non-hydrogen) atoms. The van der Waals surface area contributed by atoms with Crippen LogP contribution in [0.3, 0.4) is 0 Å². The Morgan fingerprint density at radius 3 is 1.32 bits per heavy atom. The number of hydrogen-bond donors (Lipinski definition) is 1. The number of benzene rings is 7. The fourth-order valence-electron chi connectivity index (χ4n) is 8.55. The first-order valence-electron chi connectivity index (χ1n) is 19.6. The number of hydrogen-bond acceptors (Lipinski definition) is 5. The summed E-state index contributed by atoms with van der Waals surface area (Å²) in [5.41, 5.74) is 23.1. The Morgan fingerprint density at radius 2 is 0.763 bits per heavy atom. The molecule has 0 bridgehead atoms. The average Bonchev–Trinajstić information content (AvgIpc) is 3.63. The van der Waals surface area contributed by atoms with Gasteiger partial charge in [0.05, 0.1) is 33.6 Å². The monoisotopic (exact) mass is 771 g/mol. The van der Waals surface area contributed by atoms with Gasteiger partial charge in [0.1, 0.15) is 0 Å². The van der Waals surface area contributed by atoms with E-state index in [4.69, 9.17) is 5.73 Å². The summed E-state index contributed by atoms with van der Waals surface area (Å²) in [5.74, 6) is -1.33. The van der Waals surface area contributed by atoms with Crippen molar-refractivity contribution < 1.29 is 19.2 Å². The molecule has 2 aliphatic heterocycles. The van der Waals surface area contributed by atoms with Gasteiger partial charge in [-0.3, -0.25) is 19.2 Å². The molecule has 0 saturated heterocycles. The maximum absolute atomic E-state index is 13.9. The van der Waals surface area contributed by atoms with Crippen LogP contribution in [0.1, 0.15) is 74.8 Å². The standard InChI is InChI=1S/C52H41N3O4/c1-28-7-9-34(10-8-28)36-13-18-44-46(26-36)51(58)54(49(44)56)39-17-20-40(29(2)25-39)41-21-22-42(31(4)30(41)3)43-23-24-48(33(6)32(43)5)55-50(57)45-19-14-37(27-47(45)52(55)59)35-11-15-38(53)16-12-35/h7-27H,53H2,1-6H3. The van der Waals surface area contributed by atoms with E-state index in [0.29, 0.717) is 39.3 Å². The highest BCUT2D eigenvalue weighted by molar-refractivity contribution is 6.35. The summed E-state index contributed by atoms with van der Waals surface area (Å²) in [6, 6.07) is 40.2. The Balaban J connectivity index is 0.981. The van der Waals surface area contributed by atoms with Crippen molar-refractivity contribution in [3.63, 3.8) is 0 Å². The van der Waals surface area contributed by atoms with Gasteiger partial charge in [-0.2, -0.15) is 0 Å². The molecule has 2 aliphatic rings. The molecule has 0 aromatic heterocycles. The van der Waals surface area contributed by atoms with Crippen molar-refractivity contribution in [1.82, 2.24) is 0 Å². The molecule has 9 rings (SSSR count). The van der Waals surface area contributed by atoms with E-state index in [-0.39, 0.29) is 23.6 Å². The summed E-state index contributed by atoms with van der Waals surface area (Å²) in [6.45, 7) is 12.2. The molecule has 7 aromatic carbocycles. The van der Waals surface area contributed by atoms with Gasteiger partial charge in [-0.25, -0.2) is 9.80 Å². The molecule has 7 nitrogen and oxygen atoms in total. The van der Waals surface area contributed by atoms with Crippen molar-refractivity contribution in [2.75, 3.05) is 15.5 Å². The Labute approximate surface area is 343 Å². The molecule has 2 heterocycles. The third-order valence-electron chi connectivity index (χ3n) is 12.2. The van der Waals surface area contributed by atoms with E-state index in [9.17, 15) is 19.2 Å². The molecular weight excluding hydrogens is 731 g/mol. The fourth-order valence-corrected chi connectivity index (χ4v) is 8.55. The lowest BCUT2D eigenvalue weighted by atomic mass is 9.87. The molecule has 0 unspecified atom stereocenters. The lowest BCUT2D eigenvalue weighted by Crippen LogP contribution is -2.30.